The Morgan fingerprint density at radius 3 is 2.39 bits per heavy atom. The lowest BCUT2D eigenvalue weighted by Gasteiger charge is -2.21. The predicted octanol–water partition coefficient (Wildman–Crippen LogP) is 1.41. The topological polar surface area (TPSA) is 125 Å². The zero-order chi connectivity index (χ0) is 21.2. The van der Waals surface area contributed by atoms with Crippen LogP contribution in [0.3, 0.4) is 0 Å². The fourth-order valence-corrected chi connectivity index (χ4v) is 2.95. The van der Waals surface area contributed by atoms with Gasteiger partial charge in [0, 0.05) is 18.8 Å². The molecule has 0 unspecified atom stereocenters. The molecule has 2 aromatic rings. The molecule has 2 rings (SSSR count). The zero-order valence-electron chi connectivity index (χ0n) is 16.8. The van der Waals surface area contributed by atoms with Gasteiger partial charge in [0.1, 0.15) is 6.54 Å². The molecule has 2 heterocycles. The first-order chi connectivity index (χ1) is 13.1. The smallest absolute Gasteiger partial charge is 0.330 e. The van der Waals surface area contributed by atoms with Crippen LogP contribution >= 0.6 is 0 Å². The number of H-pyrrole nitrogens is 1. The molecule has 0 radical (unpaired) electrons. The van der Waals surface area contributed by atoms with E-state index in [9.17, 15) is 19.2 Å². The van der Waals surface area contributed by atoms with E-state index in [4.69, 9.17) is 5.11 Å². The quantitative estimate of drug-likeness (QED) is 0.736. The number of aliphatic carboxylic acids is 1. The van der Waals surface area contributed by atoms with Crippen LogP contribution in [0.15, 0.2) is 15.7 Å². The van der Waals surface area contributed by atoms with Gasteiger partial charge in [-0.05, 0) is 24.8 Å². The van der Waals surface area contributed by atoms with Crippen LogP contribution in [0.25, 0.3) is 11.0 Å². The van der Waals surface area contributed by atoms with Gasteiger partial charge in [0.15, 0.2) is 5.65 Å². The van der Waals surface area contributed by atoms with Gasteiger partial charge in [-0.2, -0.15) is 0 Å². The minimum Gasteiger partial charge on any atom is -0.480 e. The van der Waals surface area contributed by atoms with Crippen LogP contribution in [0, 0.1) is 5.92 Å². The summed E-state index contributed by atoms with van der Waals surface area (Å²) >= 11 is 0. The Hall–Kier alpha value is -2.97. The second kappa shape index (κ2) is 8.37. The molecular weight excluding hydrogens is 364 g/mol. The van der Waals surface area contributed by atoms with Crippen molar-refractivity contribution in [1.82, 2.24) is 19.4 Å². The van der Waals surface area contributed by atoms with Crippen LogP contribution in [0.1, 0.15) is 56.6 Å². The number of aromatic nitrogens is 3. The highest BCUT2D eigenvalue weighted by atomic mass is 16.4. The molecular formula is C19H26N4O5. The second-order valence-corrected chi connectivity index (χ2v) is 7.42. The van der Waals surface area contributed by atoms with Crippen LogP contribution < -0.4 is 11.2 Å². The Morgan fingerprint density at radius 1 is 1.25 bits per heavy atom. The molecule has 0 saturated carbocycles. The van der Waals surface area contributed by atoms with Crippen molar-refractivity contribution in [3.63, 3.8) is 0 Å². The summed E-state index contributed by atoms with van der Waals surface area (Å²) in [6.07, 6.45) is 0. The summed E-state index contributed by atoms with van der Waals surface area (Å²) in [4.78, 5) is 57.0. The summed E-state index contributed by atoms with van der Waals surface area (Å²) in [7, 11) is 0. The van der Waals surface area contributed by atoms with Crippen molar-refractivity contribution in [2.75, 3.05) is 13.1 Å². The van der Waals surface area contributed by atoms with Crippen molar-refractivity contribution >= 4 is 22.9 Å². The molecule has 0 aliphatic carbocycles. The van der Waals surface area contributed by atoms with E-state index in [0.717, 1.165) is 4.90 Å². The lowest BCUT2D eigenvalue weighted by molar-refractivity contribution is -0.137. The maximum absolute atomic E-state index is 13.1. The molecule has 0 atom stereocenters. The van der Waals surface area contributed by atoms with Crippen LogP contribution in [-0.2, 0) is 11.3 Å². The minimum atomic E-state index is -1.15. The van der Waals surface area contributed by atoms with Crippen molar-refractivity contribution in [2.24, 2.45) is 5.92 Å². The van der Waals surface area contributed by atoms with E-state index < -0.39 is 29.7 Å². The fraction of sp³-hybridized carbons (Fsp3) is 0.526. The first kappa shape index (κ1) is 21.3. The molecule has 9 nitrogen and oxygen atoms in total. The van der Waals surface area contributed by atoms with Gasteiger partial charge >= 0.3 is 11.7 Å². The average molecular weight is 390 g/mol. The van der Waals surface area contributed by atoms with Gasteiger partial charge in [0.2, 0.25) is 0 Å². The van der Waals surface area contributed by atoms with E-state index in [1.165, 1.54) is 10.6 Å². The summed E-state index contributed by atoms with van der Waals surface area (Å²) in [5.74, 6) is -1.69. The molecule has 9 heteroatoms. The number of nitrogens with one attached hydrogen (secondary N) is 1. The van der Waals surface area contributed by atoms with Crippen molar-refractivity contribution in [1.29, 1.82) is 0 Å². The summed E-state index contributed by atoms with van der Waals surface area (Å²) in [6.45, 7) is 9.27. The standard InChI is InChI=1S/C19H26N4O5/c1-6-22(9-14(24)25)18(27)12-7-13(11(4)5)20-16-15(12)17(26)21-19(28)23(16)8-10(2)3/h7,10-11H,6,8-9H2,1-5H3,(H,24,25)(H,21,26,28). The van der Waals surface area contributed by atoms with Crippen LogP contribution in [0.5, 0.6) is 0 Å². The molecule has 0 fully saturated rings. The number of pyridine rings is 1. The normalized spacial score (nSPS) is 11.4. The summed E-state index contributed by atoms with van der Waals surface area (Å²) < 4.78 is 1.36. The minimum absolute atomic E-state index is 0.00140. The molecule has 0 aromatic carbocycles. The molecule has 0 aliphatic rings. The van der Waals surface area contributed by atoms with Crippen molar-refractivity contribution in [3.05, 3.63) is 38.2 Å². The number of fused-ring (bicyclic) bond motifs is 1. The number of carboxylic acids is 1. The highest BCUT2D eigenvalue weighted by Gasteiger charge is 2.24. The number of carboxylic acid groups (broad SMARTS) is 1. The lowest BCUT2D eigenvalue weighted by Crippen LogP contribution is -2.38. The Bertz CT molecular complexity index is 1020. The van der Waals surface area contributed by atoms with Gasteiger partial charge in [0.25, 0.3) is 11.5 Å². The third kappa shape index (κ3) is 4.29. The fourth-order valence-electron chi connectivity index (χ4n) is 2.95. The lowest BCUT2D eigenvalue weighted by atomic mass is 10.0. The highest BCUT2D eigenvalue weighted by Crippen LogP contribution is 2.21. The van der Waals surface area contributed by atoms with Crippen LogP contribution in [0.2, 0.25) is 0 Å². The third-order valence-electron chi connectivity index (χ3n) is 4.33. The molecule has 0 saturated heterocycles. The molecule has 1 amide bonds. The number of likely N-dealkylation sites (N-methyl/N-ethyl adjacent to an activating group) is 1. The molecule has 0 bridgehead atoms. The number of hydrogen-bond donors (Lipinski definition) is 2. The van der Waals surface area contributed by atoms with Crippen LogP contribution in [-0.4, -0.2) is 49.5 Å². The highest BCUT2D eigenvalue weighted by molar-refractivity contribution is 6.06. The number of nitrogens with zero attached hydrogens (tertiary/aromatic N) is 3. The molecule has 2 N–H and O–H groups in total. The molecule has 0 spiro atoms. The average Bonchev–Trinajstić information content (AvgIpc) is 2.60. The predicted molar refractivity (Wildman–Crippen MR) is 105 cm³/mol. The number of aromatic amines is 1. The first-order valence-electron chi connectivity index (χ1n) is 9.25. The number of rotatable bonds is 7. The monoisotopic (exact) mass is 390 g/mol. The maximum atomic E-state index is 13.1. The maximum Gasteiger partial charge on any atom is 0.330 e. The Kier molecular flexibility index (Phi) is 6.37. The number of hydrogen-bond acceptors (Lipinski definition) is 5. The van der Waals surface area contributed by atoms with E-state index in [2.05, 4.69) is 9.97 Å². The van der Waals surface area contributed by atoms with E-state index in [-0.39, 0.29) is 35.0 Å². The van der Waals surface area contributed by atoms with Crippen LogP contribution in [0.4, 0.5) is 0 Å². The summed E-state index contributed by atoms with van der Waals surface area (Å²) in [5, 5.41) is 9.08. The number of amides is 1. The molecule has 28 heavy (non-hydrogen) atoms. The van der Waals surface area contributed by atoms with Gasteiger partial charge in [-0.15, -0.1) is 0 Å². The van der Waals surface area contributed by atoms with Gasteiger partial charge in [-0.3, -0.25) is 23.9 Å². The van der Waals surface area contributed by atoms with Crippen molar-refractivity contribution in [2.45, 2.75) is 47.1 Å². The number of carbonyl (C=O) groups is 2. The Morgan fingerprint density at radius 2 is 1.89 bits per heavy atom. The Balaban J connectivity index is 2.88. The van der Waals surface area contributed by atoms with E-state index in [1.807, 2.05) is 27.7 Å². The van der Waals surface area contributed by atoms with Crippen molar-refractivity contribution < 1.29 is 14.7 Å². The second-order valence-electron chi connectivity index (χ2n) is 7.42. The van der Waals surface area contributed by atoms with Gasteiger partial charge in [-0.25, -0.2) is 9.78 Å². The van der Waals surface area contributed by atoms with E-state index >= 15 is 0 Å². The third-order valence-corrected chi connectivity index (χ3v) is 4.33. The Labute approximate surface area is 162 Å². The van der Waals surface area contributed by atoms with Gasteiger partial charge in [0.05, 0.1) is 10.9 Å². The summed E-state index contributed by atoms with van der Waals surface area (Å²) in [5.41, 5.74) is -0.558. The van der Waals surface area contributed by atoms with Crippen molar-refractivity contribution in [3.8, 4) is 0 Å². The summed E-state index contributed by atoms with van der Waals surface area (Å²) in [6, 6.07) is 1.51. The first-order valence-corrected chi connectivity index (χ1v) is 9.25. The number of carbonyl (C=O) groups excluding carboxylic acids is 1. The molecule has 0 aliphatic heterocycles. The largest absolute Gasteiger partial charge is 0.480 e. The van der Waals surface area contributed by atoms with Gasteiger partial charge in [-0.1, -0.05) is 27.7 Å². The zero-order valence-corrected chi connectivity index (χ0v) is 16.8. The van der Waals surface area contributed by atoms with Gasteiger partial charge < -0.3 is 10.0 Å². The van der Waals surface area contributed by atoms with E-state index in [0.29, 0.717) is 12.2 Å². The SMILES string of the molecule is CCN(CC(=O)O)C(=O)c1cc(C(C)C)nc2c1c(=O)[nH]c(=O)n2CC(C)C. The molecule has 152 valence electrons. The van der Waals surface area contributed by atoms with E-state index in [1.54, 1.807) is 6.92 Å². The molecule has 2 aromatic heterocycles.